The zero-order valence-electron chi connectivity index (χ0n) is 66.9. The van der Waals surface area contributed by atoms with Crippen LogP contribution in [0.25, 0.3) is 165 Å². The van der Waals surface area contributed by atoms with Crippen LogP contribution in [-0.4, -0.2) is 71.8 Å². The van der Waals surface area contributed by atoms with Gasteiger partial charge in [0.15, 0.2) is 0 Å². The molecule has 0 fully saturated rings. The normalized spacial score (nSPS) is 14.1. The van der Waals surface area contributed by atoms with Crippen LogP contribution in [0, 0.1) is 11.6 Å². The van der Waals surface area contributed by atoms with Crippen LogP contribution >= 0.6 is 0 Å². The highest BCUT2D eigenvalue weighted by Crippen LogP contribution is 2.45. The van der Waals surface area contributed by atoms with Crippen LogP contribution in [0.1, 0.15) is 120 Å². The SMILES string of the molecule is Fc1ccc(-c2[nH]c3ccc4nccc4c3c3c2CCCC3)cc1.Fc1ccc(-c2nc3ccc4[nH]ncc4c3c3c2CCCC3)cc1.O=COc1cc2c(ccc3[nH]c(-c4ccc(O)cc4)c4c(c32)CCCC4)n1.c1ccc(-c2[nH]c3ccc4nccc4c3c3c2CCCC3)cc1.c1ccc(-c2nc3ccc4[nH]ncc4c3c3c2CCCC3)cc1. The van der Waals surface area contributed by atoms with Gasteiger partial charge in [-0.05, 0) is 346 Å². The summed E-state index contributed by atoms with van der Waals surface area (Å²) in [6.45, 7) is 0.411. The molecule has 25 rings (SSSR count). The Morgan fingerprint density at radius 1 is 0.314 bits per heavy atom. The van der Waals surface area contributed by atoms with Crippen LogP contribution in [-0.2, 0) is 69.0 Å². The van der Waals surface area contributed by atoms with Crippen LogP contribution in [0.15, 0.2) is 237 Å². The second kappa shape index (κ2) is 32.0. The van der Waals surface area contributed by atoms with Crippen molar-refractivity contribution in [1.29, 1.82) is 0 Å². The lowest BCUT2D eigenvalue weighted by atomic mass is 9.85. The monoisotopic (exact) mass is 1590 g/mol. The standard InChI is InChI=1S/C22H18N2O3.C21H17FN2.C21H18N2.C20H16FN3.C20H17N3/c25-12-27-20-11-17-18(23-20)9-10-19-21(17)15-3-1-2-4-16(15)22(24-19)13-5-7-14(26)8-6-13;22-14-7-5-13(6-8-14)21-16-4-2-1-3-15(16)20-17-11-12-23-18(17)9-10-19(20)24-21;1-2-6-14(7-3-1)21-16-9-5-4-8-15(16)20-17-12-13-22-18(17)10-11-19(20)23-21;21-13-7-5-12(6-8-13)20-15-4-2-1-3-14(15)19-16-11-22-24-17(16)9-10-18(19)23-20;1-2-6-13(7-3-1)20-15-9-5-4-8-14(15)19-16-12-21-23-17(16)10-11-18(19)22-20/h5-12,24,26H,1-4H2;5-12,24H,1-4H2;1-3,6-7,10-13,23H,4-5,8-9H2;5-11H,1-4H2,(H,22,24);1-3,6-7,10-12H,4-5,8-9H2,(H,21,23). The summed E-state index contributed by atoms with van der Waals surface area (Å²) in [7, 11) is 0. The van der Waals surface area contributed by atoms with Crippen LogP contribution in [0.2, 0.25) is 0 Å². The molecule has 5 aliphatic carbocycles. The van der Waals surface area contributed by atoms with Gasteiger partial charge in [-0.1, -0.05) is 60.7 Å². The van der Waals surface area contributed by atoms with Crippen molar-refractivity contribution in [3.8, 4) is 67.9 Å². The third-order valence-corrected chi connectivity index (χ3v) is 25.5. The number of nitrogens with one attached hydrogen (secondary N) is 5. The van der Waals surface area contributed by atoms with Crippen molar-refractivity contribution in [1.82, 2.24) is 60.3 Å². The topological polar surface area (TPSA) is 216 Å². The molecule has 0 saturated carbocycles. The van der Waals surface area contributed by atoms with Gasteiger partial charge in [0, 0.05) is 117 Å². The lowest BCUT2D eigenvalue weighted by molar-refractivity contribution is -0.120. The van der Waals surface area contributed by atoms with E-state index in [1.165, 1.54) is 198 Å². The molecule has 594 valence electrons. The van der Waals surface area contributed by atoms with Crippen molar-refractivity contribution < 1.29 is 23.4 Å². The first kappa shape index (κ1) is 74.5. The van der Waals surface area contributed by atoms with Crippen LogP contribution < -0.4 is 4.74 Å². The summed E-state index contributed by atoms with van der Waals surface area (Å²) in [6.07, 6.45) is 30.7. The summed E-state index contributed by atoms with van der Waals surface area (Å²) in [4.78, 5) is 45.0. The lowest BCUT2D eigenvalue weighted by Crippen LogP contribution is -2.07. The largest absolute Gasteiger partial charge is 0.508 e. The molecule has 0 radical (unpaired) electrons. The van der Waals surface area contributed by atoms with Crippen molar-refractivity contribution in [2.75, 3.05) is 0 Å². The number of aromatic hydroxyl groups is 1. The highest BCUT2D eigenvalue weighted by molar-refractivity contribution is 6.13. The molecule has 17 heteroatoms. The van der Waals surface area contributed by atoms with Crippen molar-refractivity contribution in [2.24, 2.45) is 0 Å². The Balaban J connectivity index is 0.0000000935. The summed E-state index contributed by atoms with van der Waals surface area (Å²) < 4.78 is 31.6. The Morgan fingerprint density at radius 2 is 0.661 bits per heavy atom. The fraction of sp³-hybridized carbons (Fsp3) is 0.192. The van der Waals surface area contributed by atoms with E-state index in [9.17, 15) is 18.7 Å². The lowest BCUT2D eigenvalue weighted by Gasteiger charge is -2.22. The van der Waals surface area contributed by atoms with E-state index >= 15 is 0 Å². The Labute approximate surface area is 695 Å². The van der Waals surface area contributed by atoms with Crippen LogP contribution in [0.4, 0.5) is 8.78 Å². The first-order chi connectivity index (χ1) is 59.7. The number of ether oxygens (including phenoxy) is 1. The molecule has 10 heterocycles. The molecule has 0 spiro atoms. The number of carbonyl (C=O) groups excluding carboxylic acids is 1. The fourth-order valence-corrected chi connectivity index (χ4v) is 20.1. The molecule has 0 atom stereocenters. The zero-order chi connectivity index (χ0) is 81.0. The molecule has 5 aliphatic rings. The Morgan fingerprint density at radius 3 is 1.10 bits per heavy atom. The Hall–Kier alpha value is -14.1. The minimum absolute atomic E-state index is 0.196. The number of pyridine rings is 5. The first-order valence-corrected chi connectivity index (χ1v) is 42.6. The highest BCUT2D eigenvalue weighted by atomic mass is 19.1. The number of nitrogens with zero attached hydrogens (tertiary/aromatic N) is 7. The van der Waals surface area contributed by atoms with Gasteiger partial charge in [0.2, 0.25) is 5.88 Å². The smallest absolute Gasteiger partial charge is 0.299 e. The molecular weight excluding hydrogens is 1500 g/mol. The van der Waals surface area contributed by atoms with Gasteiger partial charge in [-0.15, -0.1) is 0 Å². The molecule has 0 saturated heterocycles. The molecule has 15 nitrogen and oxygen atoms in total. The number of hydrogen-bond donors (Lipinski definition) is 6. The summed E-state index contributed by atoms with van der Waals surface area (Å²) in [5.41, 5.74) is 36.1. The molecular formula is C104H86F2N12O3. The maximum absolute atomic E-state index is 13.3. The fourth-order valence-electron chi connectivity index (χ4n) is 20.1. The molecule has 121 heavy (non-hydrogen) atoms. The van der Waals surface area contributed by atoms with E-state index < -0.39 is 0 Å². The number of aromatic nitrogens is 12. The molecule has 0 bridgehead atoms. The second-order valence-electron chi connectivity index (χ2n) is 32.6. The van der Waals surface area contributed by atoms with Crippen molar-refractivity contribution in [2.45, 2.75) is 128 Å². The van der Waals surface area contributed by atoms with Crippen molar-refractivity contribution in [3.63, 3.8) is 0 Å². The van der Waals surface area contributed by atoms with Gasteiger partial charge in [0.1, 0.15) is 17.4 Å². The maximum atomic E-state index is 13.3. The minimum Gasteiger partial charge on any atom is -0.508 e. The van der Waals surface area contributed by atoms with Gasteiger partial charge in [-0.2, -0.15) is 10.2 Å². The van der Waals surface area contributed by atoms with E-state index in [1.54, 1.807) is 12.1 Å². The van der Waals surface area contributed by atoms with E-state index in [0.29, 0.717) is 12.4 Å². The van der Waals surface area contributed by atoms with Gasteiger partial charge in [0.05, 0.1) is 62.4 Å². The summed E-state index contributed by atoms with van der Waals surface area (Å²) in [5, 5.41) is 36.4. The molecule has 0 unspecified atom stereocenters. The number of benzene rings is 10. The number of H-pyrrole nitrogens is 5. The van der Waals surface area contributed by atoms with Gasteiger partial charge >= 0.3 is 0 Å². The number of halogens is 2. The van der Waals surface area contributed by atoms with Crippen molar-refractivity contribution in [3.05, 3.63) is 304 Å². The molecule has 0 aliphatic heterocycles. The number of fused-ring (bicyclic) bond motifs is 25. The molecule has 10 aromatic carbocycles. The maximum Gasteiger partial charge on any atom is 0.299 e. The molecule has 20 aromatic rings. The number of aromatic amines is 5. The molecule has 6 N–H and O–H groups in total. The van der Waals surface area contributed by atoms with Crippen LogP contribution in [0.3, 0.4) is 0 Å². The number of rotatable bonds is 7. The van der Waals surface area contributed by atoms with Gasteiger partial charge in [-0.3, -0.25) is 25.0 Å². The highest BCUT2D eigenvalue weighted by Gasteiger charge is 2.28. The van der Waals surface area contributed by atoms with Gasteiger partial charge in [0.25, 0.3) is 6.47 Å². The van der Waals surface area contributed by atoms with E-state index in [4.69, 9.17) is 14.7 Å². The van der Waals surface area contributed by atoms with Gasteiger partial charge in [-0.25, -0.2) is 23.7 Å². The van der Waals surface area contributed by atoms with E-state index in [2.05, 4.69) is 166 Å². The summed E-state index contributed by atoms with van der Waals surface area (Å²) in [5.74, 6) is 0.187. The second-order valence-corrected chi connectivity index (χ2v) is 32.6. The third-order valence-electron chi connectivity index (χ3n) is 25.5. The quantitative estimate of drug-likeness (QED) is 0.0830. The van der Waals surface area contributed by atoms with E-state index in [1.807, 2.05) is 85.5 Å². The van der Waals surface area contributed by atoms with Crippen LogP contribution in [0.5, 0.6) is 11.6 Å². The number of phenolic OH excluding ortho intramolecular Hbond substituents is 1. The molecule has 0 amide bonds. The summed E-state index contributed by atoms with van der Waals surface area (Å²) >= 11 is 0. The van der Waals surface area contributed by atoms with E-state index in [-0.39, 0.29) is 17.4 Å². The molecule has 10 aromatic heterocycles. The number of carbonyl (C=O) groups is 1. The van der Waals surface area contributed by atoms with Crippen molar-refractivity contribution >= 4 is 116 Å². The average molecular weight is 1590 g/mol. The van der Waals surface area contributed by atoms with E-state index in [0.717, 1.165) is 176 Å². The Bertz CT molecular complexity index is 7030. The predicted molar refractivity (Wildman–Crippen MR) is 482 cm³/mol. The third kappa shape index (κ3) is 13.9. The Kier molecular flexibility index (Phi) is 19.7. The average Bonchev–Trinajstić information content (AvgIpc) is 1.74. The summed E-state index contributed by atoms with van der Waals surface area (Å²) in [6, 6.07) is 69.0. The number of hydrogen-bond acceptors (Lipinski definition) is 10. The first-order valence-electron chi connectivity index (χ1n) is 42.6. The number of phenols is 1. The predicted octanol–water partition coefficient (Wildman–Crippen LogP) is 24.6. The number of aryl methyl sites for hydroxylation is 5. The zero-order valence-corrected chi connectivity index (χ0v) is 66.9. The minimum atomic E-state index is -0.214. The van der Waals surface area contributed by atoms with Gasteiger partial charge < -0.3 is 24.8 Å².